The number of hydrogen-bond acceptors (Lipinski definition) is 3. The van der Waals surface area contributed by atoms with Crippen LogP contribution in [0.2, 0.25) is 0 Å². The zero-order valence-electron chi connectivity index (χ0n) is 11.8. The van der Waals surface area contributed by atoms with Crippen molar-refractivity contribution in [3.63, 3.8) is 0 Å². The highest BCUT2D eigenvalue weighted by Crippen LogP contribution is 2.44. The van der Waals surface area contributed by atoms with E-state index >= 15 is 0 Å². The highest BCUT2D eigenvalue weighted by atomic mass is 79.9. The molecule has 4 heteroatoms. The Morgan fingerprint density at radius 1 is 1.14 bits per heavy atom. The molecule has 1 aliphatic rings. The van der Waals surface area contributed by atoms with Gasteiger partial charge in [0, 0.05) is 5.56 Å². The maximum atomic E-state index is 12.6. The largest absolute Gasteiger partial charge is 0.343 e. The Bertz CT molecular complexity index is 711. The van der Waals surface area contributed by atoms with Gasteiger partial charge in [-0.3, -0.25) is 4.79 Å². The van der Waals surface area contributed by atoms with Crippen LogP contribution in [0.25, 0.3) is 0 Å². The third kappa shape index (κ3) is 2.47. The Morgan fingerprint density at radius 3 is 2.32 bits per heavy atom. The van der Waals surface area contributed by atoms with Gasteiger partial charge in [-0.25, -0.2) is 0 Å². The minimum Gasteiger partial charge on any atom is -0.343 e. The molecule has 0 radical (unpaired) electrons. The molecule has 0 bridgehead atoms. The second kappa shape index (κ2) is 6.04. The molecular weight excluding hydrogens is 342 g/mol. The zero-order valence-corrected chi connectivity index (χ0v) is 13.4. The fourth-order valence-corrected chi connectivity index (χ4v) is 3.56. The maximum absolute atomic E-state index is 12.6. The SMILES string of the molecule is N#C[C@]1(c2ccccc2)O[C@@H](C(=O)c2ccccc2)C[C@H]1Br. The first-order valence-electron chi connectivity index (χ1n) is 7.05. The Balaban J connectivity index is 1.91. The fraction of sp³-hybridized carbons (Fsp3) is 0.222. The van der Waals surface area contributed by atoms with Crippen molar-refractivity contribution in [2.75, 3.05) is 0 Å². The van der Waals surface area contributed by atoms with Gasteiger partial charge >= 0.3 is 0 Å². The number of halogens is 1. The summed E-state index contributed by atoms with van der Waals surface area (Å²) in [6, 6.07) is 20.6. The number of nitrogens with zero attached hydrogens (tertiary/aromatic N) is 1. The number of ether oxygens (including phenoxy) is 1. The number of alkyl halides is 1. The van der Waals surface area contributed by atoms with E-state index in [0.29, 0.717) is 12.0 Å². The summed E-state index contributed by atoms with van der Waals surface area (Å²) in [6.45, 7) is 0. The molecule has 22 heavy (non-hydrogen) atoms. The van der Waals surface area contributed by atoms with E-state index in [9.17, 15) is 10.1 Å². The summed E-state index contributed by atoms with van der Waals surface area (Å²) in [6.07, 6.45) is -0.150. The van der Waals surface area contributed by atoms with Crippen LogP contribution in [0.5, 0.6) is 0 Å². The van der Waals surface area contributed by atoms with Gasteiger partial charge in [-0.2, -0.15) is 5.26 Å². The van der Waals surface area contributed by atoms with Crippen molar-refractivity contribution in [2.24, 2.45) is 0 Å². The number of hydrogen-bond donors (Lipinski definition) is 0. The molecule has 1 saturated heterocycles. The summed E-state index contributed by atoms with van der Waals surface area (Å²) in [4.78, 5) is 12.3. The Kier molecular flexibility index (Phi) is 4.10. The molecule has 0 saturated carbocycles. The summed E-state index contributed by atoms with van der Waals surface area (Å²) in [5.41, 5.74) is 0.243. The third-order valence-corrected chi connectivity index (χ3v) is 4.93. The van der Waals surface area contributed by atoms with Crippen molar-refractivity contribution in [1.82, 2.24) is 0 Å². The number of carbonyl (C=O) groups is 1. The van der Waals surface area contributed by atoms with Crippen molar-refractivity contribution in [3.8, 4) is 6.07 Å². The average molecular weight is 356 g/mol. The molecule has 0 N–H and O–H groups in total. The summed E-state index contributed by atoms with van der Waals surface area (Å²) >= 11 is 3.54. The van der Waals surface area contributed by atoms with Gasteiger partial charge < -0.3 is 4.74 Å². The predicted molar refractivity (Wildman–Crippen MR) is 86.7 cm³/mol. The second-order valence-corrected chi connectivity index (χ2v) is 6.36. The summed E-state index contributed by atoms with van der Waals surface area (Å²) < 4.78 is 5.96. The van der Waals surface area contributed by atoms with Crippen LogP contribution in [0.3, 0.4) is 0 Å². The molecule has 110 valence electrons. The quantitative estimate of drug-likeness (QED) is 0.620. The van der Waals surface area contributed by atoms with Gasteiger partial charge in [-0.15, -0.1) is 0 Å². The van der Waals surface area contributed by atoms with Crippen LogP contribution >= 0.6 is 15.9 Å². The van der Waals surface area contributed by atoms with Gasteiger partial charge in [0.2, 0.25) is 0 Å². The van der Waals surface area contributed by atoms with Crippen molar-refractivity contribution >= 4 is 21.7 Å². The molecule has 3 rings (SSSR count). The standard InChI is InChI=1S/C18H14BrNO2/c19-16-11-15(17(21)13-7-3-1-4-8-13)22-18(16,12-20)14-9-5-2-6-10-14/h1-10,15-16H,11H2/t15-,16-,18-/m1/s1. The minimum absolute atomic E-state index is 0.0851. The lowest BCUT2D eigenvalue weighted by molar-refractivity contribution is 0.00296. The van der Waals surface area contributed by atoms with E-state index in [-0.39, 0.29) is 10.6 Å². The van der Waals surface area contributed by atoms with Gasteiger partial charge in [0.15, 0.2) is 11.4 Å². The molecule has 2 aromatic rings. The van der Waals surface area contributed by atoms with E-state index < -0.39 is 11.7 Å². The van der Waals surface area contributed by atoms with Crippen LogP contribution in [-0.4, -0.2) is 16.7 Å². The van der Waals surface area contributed by atoms with E-state index in [4.69, 9.17) is 4.74 Å². The first kappa shape index (κ1) is 15.0. The summed E-state index contributed by atoms with van der Waals surface area (Å²) in [5, 5.41) is 9.69. The monoisotopic (exact) mass is 355 g/mol. The minimum atomic E-state index is -1.13. The van der Waals surface area contributed by atoms with E-state index in [1.807, 2.05) is 48.5 Å². The van der Waals surface area contributed by atoms with Crippen molar-refractivity contribution in [2.45, 2.75) is 23.0 Å². The zero-order chi connectivity index (χ0) is 15.6. The molecule has 0 aromatic heterocycles. The van der Waals surface area contributed by atoms with Gasteiger partial charge in [-0.1, -0.05) is 76.6 Å². The summed E-state index contributed by atoms with van der Waals surface area (Å²) in [7, 11) is 0. The van der Waals surface area contributed by atoms with Crippen molar-refractivity contribution in [1.29, 1.82) is 5.26 Å². The first-order valence-corrected chi connectivity index (χ1v) is 7.97. The lowest BCUT2D eigenvalue weighted by Gasteiger charge is -2.24. The maximum Gasteiger partial charge on any atom is 0.192 e. The van der Waals surface area contributed by atoms with E-state index in [2.05, 4.69) is 22.0 Å². The van der Waals surface area contributed by atoms with Crippen LogP contribution in [-0.2, 0) is 10.3 Å². The van der Waals surface area contributed by atoms with Crippen LogP contribution in [0.15, 0.2) is 60.7 Å². The van der Waals surface area contributed by atoms with Crippen LogP contribution < -0.4 is 0 Å². The number of ketones is 1. The number of Topliss-reactive ketones (excluding diaryl/α,β-unsaturated/α-hetero) is 1. The van der Waals surface area contributed by atoms with E-state index in [1.54, 1.807) is 12.1 Å². The summed E-state index contributed by atoms with van der Waals surface area (Å²) in [5.74, 6) is -0.0851. The Labute approximate surface area is 137 Å². The predicted octanol–water partition coefficient (Wildman–Crippen LogP) is 3.84. The van der Waals surface area contributed by atoms with E-state index in [0.717, 1.165) is 5.56 Å². The lowest BCUT2D eigenvalue weighted by Crippen LogP contribution is -2.32. The molecule has 0 amide bonds. The molecule has 1 fully saturated rings. The second-order valence-electron chi connectivity index (χ2n) is 5.25. The molecule has 0 aliphatic carbocycles. The Morgan fingerprint density at radius 2 is 1.73 bits per heavy atom. The van der Waals surface area contributed by atoms with Crippen LogP contribution in [0.4, 0.5) is 0 Å². The molecule has 0 spiro atoms. The normalized spacial score (nSPS) is 27.3. The molecule has 3 nitrogen and oxygen atoms in total. The number of carbonyl (C=O) groups excluding carboxylic acids is 1. The molecular formula is C18H14BrNO2. The molecule has 1 aliphatic heterocycles. The van der Waals surface area contributed by atoms with E-state index in [1.165, 1.54) is 0 Å². The van der Waals surface area contributed by atoms with Gasteiger partial charge in [0.25, 0.3) is 0 Å². The number of rotatable bonds is 3. The van der Waals surface area contributed by atoms with Gasteiger partial charge in [0.1, 0.15) is 12.2 Å². The van der Waals surface area contributed by atoms with Crippen LogP contribution in [0.1, 0.15) is 22.3 Å². The highest BCUT2D eigenvalue weighted by Gasteiger charge is 2.51. The number of benzene rings is 2. The average Bonchev–Trinajstić information content (AvgIpc) is 2.93. The third-order valence-electron chi connectivity index (χ3n) is 3.91. The highest BCUT2D eigenvalue weighted by molar-refractivity contribution is 9.09. The van der Waals surface area contributed by atoms with Crippen molar-refractivity contribution in [3.05, 3.63) is 71.8 Å². The molecule has 3 atom stereocenters. The smallest absolute Gasteiger partial charge is 0.192 e. The van der Waals surface area contributed by atoms with Crippen LogP contribution in [0, 0.1) is 11.3 Å². The molecule has 2 aromatic carbocycles. The topological polar surface area (TPSA) is 50.1 Å². The Hall–Kier alpha value is -1.96. The van der Waals surface area contributed by atoms with Gasteiger partial charge in [-0.05, 0) is 12.0 Å². The van der Waals surface area contributed by atoms with Gasteiger partial charge in [0.05, 0.1) is 4.83 Å². The molecule has 1 heterocycles. The first-order chi connectivity index (χ1) is 10.7. The molecule has 0 unspecified atom stereocenters. The number of nitriles is 1. The van der Waals surface area contributed by atoms with Crippen molar-refractivity contribution < 1.29 is 9.53 Å². The lowest BCUT2D eigenvalue weighted by atomic mass is 9.92. The fourth-order valence-electron chi connectivity index (χ4n) is 2.74.